The molecule has 0 radical (unpaired) electrons. The molecular formula is C21H25N5O2. The van der Waals surface area contributed by atoms with Gasteiger partial charge in [-0.15, -0.1) is 0 Å². The first-order valence-corrected chi connectivity index (χ1v) is 9.61. The fourth-order valence-corrected chi connectivity index (χ4v) is 3.82. The number of hydrogen-bond acceptors (Lipinski definition) is 5. The van der Waals surface area contributed by atoms with Gasteiger partial charge < -0.3 is 9.80 Å². The molecular weight excluding hydrogens is 354 g/mol. The summed E-state index contributed by atoms with van der Waals surface area (Å²) in [6.07, 6.45) is 1.89. The number of benzene rings is 1. The third-order valence-electron chi connectivity index (χ3n) is 5.33. The van der Waals surface area contributed by atoms with Crippen LogP contribution in [-0.4, -0.2) is 61.1 Å². The molecule has 7 nitrogen and oxygen atoms in total. The molecule has 28 heavy (non-hydrogen) atoms. The number of anilines is 2. The maximum absolute atomic E-state index is 12.9. The number of nitrogens with zero attached hydrogens (tertiary/aromatic N) is 4. The van der Waals surface area contributed by atoms with Crippen molar-refractivity contribution in [2.75, 3.05) is 49.2 Å². The van der Waals surface area contributed by atoms with E-state index < -0.39 is 0 Å². The Kier molecular flexibility index (Phi) is 5.00. The number of piperazine rings is 1. The van der Waals surface area contributed by atoms with E-state index in [1.165, 1.54) is 5.56 Å². The number of hydrogen-bond donors (Lipinski definition) is 1. The smallest absolute Gasteiger partial charge is 0.253 e. The van der Waals surface area contributed by atoms with E-state index >= 15 is 0 Å². The number of nitrogens with one attached hydrogen (secondary N) is 1. The van der Waals surface area contributed by atoms with Crippen molar-refractivity contribution in [2.24, 2.45) is 0 Å². The summed E-state index contributed by atoms with van der Waals surface area (Å²) >= 11 is 0. The summed E-state index contributed by atoms with van der Waals surface area (Å²) in [5.41, 5.74) is 3.80. The van der Waals surface area contributed by atoms with Gasteiger partial charge in [0.25, 0.3) is 5.91 Å². The average Bonchev–Trinajstić information content (AvgIpc) is 3.14. The summed E-state index contributed by atoms with van der Waals surface area (Å²) in [5.74, 6) is 1.09. The van der Waals surface area contributed by atoms with E-state index in [4.69, 9.17) is 0 Å². The molecule has 0 aliphatic carbocycles. The molecule has 3 heterocycles. The Bertz CT molecular complexity index is 888. The van der Waals surface area contributed by atoms with Crippen molar-refractivity contribution in [1.82, 2.24) is 15.2 Å². The average molecular weight is 379 g/mol. The van der Waals surface area contributed by atoms with Crippen molar-refractivity contribution in [3.8, 4) is 0 Å². The molecule has 2 aromatic rings. The van der Waals surface area contributed by atoms with Crippen LogP contribution in [0.25, 0.3) is 0 Å². The van der Waals surface area contributed by atoms with E-state index in [9.17, 15) is 9.59 Å². The second-order valence-electron chi connectivity index (χ2n) is 7.39. The molecule has 0 atom stereocenters. The van der Waals surface area contributed by atoms with Crippen LogP contribution in [0.4, 0.5) is 11.5 Å². The SMILES string of the molecule is Cc1cnc(N2CCN(C(=O)c3ccc(N4CNCC4=O)cc3)CC2)c(C)c1. The van der Waals surface area contributed by atoms with Gasteiger partial charge in [0.15, 0.2) is 0 Å². The standard InChI is InChI=1S/C21H25N5O2/c1-15-11-16(2)20(23-12-15)24-7-9-25(10-8-24)21(28)17-3-5-18(6-4-17)26-14-22-13-19(26)27/h3-6,11-12,22H,7-10,13-14H2,1-2H3. The fraction of sp³-hybridized carbons (Fsp3) is 0.381. The van der Waals surface area contributed by atoms with E-state index in [2.05, 4.69) is 28.2 Å². The molecule has 7 heteroatoms. The molecule has 0 saturated carbocycles. The zero-order valence-electron chi connectivity index (χ0n) is 16.3. The Morgan fingerprint density at radius 3 is 2.39 bits per heavy atom. The molecule has 2 amide bonds. The summed E-state index contributed by atoms with van der Waals surface area (Å²) in [7, 11) is 0. The Hall–Kier alpha value is -2.93. The van der Waals surface area contributed by atoms with Crippen LogP contribution in [-0.2, 0) is 4.79 Å². The van der Waals surface area contributed by atoms with E-state index in [0.717, 1.165) is 30.2 Å². The van der Waals surface area contributed by atoms with Crippen molar-refractivity contribution < 1.29 is 9.59 Å². The monoisotopic (exact) mass is 379 g/mol. The Morgan fingerprint density at radius 1 is 1.07 bits per heavy atom. The molecule has 0 bridgehead atoms. The highest BCUT2D eigenvalue weighted by molar-refractivity contribution is 5.98. The number of carbonyl (C=O) groups is 2. The fourth-order valence-electron chi connectivity index (χ4n) is 3.82. The molecule has 1 aromatic heterocycles. The summed E-state index contributed by atoms with van der Waals surface area (Å²) in [6.45, 7) is 7.88. The summed E-state index contributed by atoms with van der Waals surface area (Å²) in [4.78, 5) is 35.0. The molecule has 2 saturated heterocycles. The zero-order chi connectivity index (χ0) is 19.7. The normalized spacial score (nSPS) is 17.4. The van der Waals surface area contributed by atoms with Crippen LogP contribution >= 0.6 is 0 Å². The lowest BCUT2D eigenvalue weighted by molar-refractivity contribution is -0.116. The highest BCUT2D eigenvalue weighted by Gasteiger charge is 2.25. The molecule has 2 aliphatic rings. The zero-order valence-corrected chi connectivity index (χ0v) is 16.3. The van der Waals surface area contributed by atoms with E-state index in [0.29, 0.717) is 31.9 Å². The molecule has 1 N–H and O–H groups in total. The maximum Gasteiger partial charge on any atom is 0.253 e. The first-order chi connectivity index (χ1) is 13.5. The molecule has 2 fully saturated rings. The maximum atomic E-state index is 12.9. The molecule has 2 aliphatic heterocycles. The van der Waals surface area contributed by atoms with Gasteiger partial charge in [-0.3, -0.25) is 19.8 Å². The van der Waals surface area contributed by atoms with Gasteiger partial charge in [-0.25, -0.2) is 4.98 Å². The molecule has 146 valence electrons. The molecule has 1 aromatic carbocycles. The van der Waals surface area contributed by atoms with Gasteiger partial charge in [0.1, 0.15) is 5.82 Å². The Labute approximate surface area is 164 Å². The van der Waals surface area contributed by atoms with E-state index in [-0.39, 0.29) is 11.8 Å². The minimum atomic E-state index is 0.0330. The van der Waals surface area contributed by atoms with Gasteiger partial charge in [-0.2, -0.15) is 0 Å². The van der Waals surface area contributed by atoms with Crippen LogP contribution in [0.15, 0.2) is 36.5 Å². The first-order valence-electron chi connectivity index (χ1n) is 9.61. The lowest BCUT2D eigenvalue weighted by Gasteiger charge is -2.36. The third-order valence-corrected chi connectivity index (χ3v) is 5.33. The summed E-state index contributed by atoms with van der Waals surface area (Å²) in [6, 6.07) is 9.44. The van der Waals surface area contributed by atoms with Crippen molar-refractivity contribution in [3.63, 3.8) is 0 Å². The van der Waals surface area contributed by atoms with Crippen LogP contribution < -0.4 is 15.1 Å². The van der Waals surface area contributed by atoms with Gasteiger partial charge in [0.2, 0.25) is 5.91 Å². The number of aromatic nitrogens is 1. The number of rotatable bonds is 3. The first kappa shape index (κ1) is 18.4. The predicted molar refractivity (Wildman–Crippen MR) is 109 cm³/mol. The quantitative estimate of drug-likeness (QED) is 0.877. The van der Waals surface area contributed by atoms with Crippen LogP contribution in [0.5, 0.6) is 0 Å². The minimum Gasteiger partial charge on any atom is -0.353 e. The largest absolute Gasteiger partial charge is 0.353 e. The van der Waals surface area contributed by atoms with Gasteiger partial charge in [0, 0.05) is 43.6 Å². The van der Waals surface area contributed by atoms with Crippen molar-refractivity contribution >= 4 is 23.3 Å². The van der Waals surface area contributed by atoms with Crippen LogP contribution in [0.1, 0.15) is 21.5 Å². The second kappa shape index (κ2) is 7.59. The Balaban J connectivity index is 1.39. The Morgan fingerprint density at radius 2 is 1.79 bits per heavy atom. The number of aryl methyl sites for hydroxylation is 2. The number of pyridine rings is 1. The summed E-state index contributed by atoms with van der Waals surface area (Å²) < 4.78 is 0. The van der Waals surface area contributed by atoms with E-state index in [1.807, 2.05) is 30.2 Å². The van der Waals surface area contributed by atoms with Gasteiger partial charge in [-0.1, -0.05) is 6.07 Å². The van der Waals surface area contributed by atoms with Crippen molar-refractivity contribution in [1.29, 1.82) is 0 Å². The number of carbonyl (C=O) groups excluding carboxylic acids is 2. The van der Waals surface area contributed by atoms with Gasteiger partial charge in [-0.05, 0) is 49.2 Å². The lowest BCUT2D eigenvalue weighted by Crippen LogP contribution is -2.49. The lowest BCUT2D eigenvalue weighted by atomic mass is 10.1. The van der Waals surface area contributed by atoms with Crippen LogP contribution in [0.3, 0.4) is 0 Å². The molecule has 0 spiro atoms. The highest BCUT2D eigenvalue weighted by Crippen LogP contribution is 2.21. The highest BCUT2D eigenvalue weighted by atomic mass is 16.2. The predicted octanol–water partition coefficient (Wildman–Crippen LogP) is 1.55. The van der Waals surface area contributed by atoms with Gasteiger partial charge in [0.05, 0.1) is 13.2 Å². The van der Waals surface area contributed by atoms with Crippen LogP contribution in [0, 0.1) is 13.8 Å². The molecule has 0 unspecified atom stereocenters. The number of amides is 2. The molecule has 4 rings (SSSR count). The van der Waals surface area contributed by atoms with Gasteiger partial charge >= 0.3 is 0 Å². The third kappa shape index (κ3) is 3.57. The van der Waals surface area contributed by atoms with Crippen molar-refractivity contribution in [3.05, 3.63) is 53.2 Å². The second-order valence-corrected chi connectivity index (χ2v) is 7.39. The topological polar surface area (TPSA) is 68.8 Å². The van der Waals surface area contributed by atoms with Crippen LogP contribution in [0.2, 0.25) is 0 Å². The minimum absolute atomic E-state index is 0.0330. The van der Waals surface area contributed by atoms with E-state index in [1.54, 1.807) is 17.0 Å². The van der Waals surface area contributed by atoms with Crippen molar-refractivity contribution in [2.45, 2.75) is 13.8 Å². The summed E-state index contributed by atoms with van der Waals surface area (Å²) in [5, 5.41) is 3.03.